The van der Waals surface area contributed by atoms with Crippen molar-refractivity contribution in [3.63, 3.8) is 0 Å². The van der Waals surface area contributed by atoms with Gasteiger partial charge >= 0.3 is 6.36 Å². The van der Waals surface area contributed by atoms with Crippen LogP contribution in [0.25, 0.3) is 0 Å². The zero-order chi connectivity index (χ0) is 13.8. The quantitative estimate of drug-likeness (QED) is 0.927. The summed E-state index contributed by atoms with van der Waals surface area (Å²) in [6, 6.07) is 4.66. The Morgan fingerprint density at radius 3 is 2.53 bits per heavy atom. The van der Waals surface area contributed by atoms with Crippen LogP contribution in [-0.4, -0.2) is 13.5 Å². The van der Waals surface area contributed by atoms with E-state index in [1.807, 2.05) is 6.07 Å². The van der Waals surface area contributed by atoms with Crippen LogP contribution >= 0.6 is 12.4 Å². The molecule has 106 valence electrons. The van der Waals surface area contributed by atoms with Gasteiger partial charge in [0.2, 0.25) is 0 Å². The van der Waals surface area contributed by atoms with E-state index in [1.54, 1.807) is 0 Å². The minimum absolute atomic E-state index is 0. The molecule has 1 atom stereocenters. The molecule has 0 aliphatic carbocycles. The van der Waals surface area contributed by atoms with Gasteiger partial charge in [-0.2, -0.15) is 5.26 Å². The molecular weight excluding hydrogens is 285 g/mol. The molecule has 0 aromatic heterocycles. The number of ether oxygens (including phenoxy) is 2. The van der Waals surface area contributed by atoms with E-state index in [1.165, 1.54) is 13.2 Å². The first-order valence-corrected chi connectivity index (χ1v) is 4.93. The first-order chi connectivity index (χ1) is 8.37. The van der Waals surface area contributed by atoms with Crippen molar-refractivity contribution >= 4 is 12.4 Å². The van der Waals surface area contributed by atoms with Gasteiger partial charge in [-0.05, 0) is 18.2 Å². The van der Waals surface area contributed by atoms with Gasteiger partial charge in [-0.1, -0.05) is 0 Å². The highest BCUT2D eigenvalue weighted by molar-refractivity contribution is 5.85. The van der Waals surface area contributed by atoms with Gasteiger partial charge in [0, 0.05) is 11.6 Å². The molecule has 0 unspecified atom stereocenters. The molecule has 0 spiro atoms. The molecule has 0 saturated heterocycles. The summed E-state index contributed by atoms with van der Waals surface area (Å²) in [7, 11) is 1.36. The average molecular weight is 297 g/mol. The minimum Gasteiger partial charge on any atom is -0.496 e. The van der Waals surface area contributed by atoms with Gasteiger partial charge < -0.3 is 15.2 Å². The summed E-state index contributed by atoms with van der Waals surface area (Å²) < 4.78 is 45.0. The third-order valence-corrected chi connectivity index (χ3v) is 2.15. The summed E-state index contributed by atoms with van der Waals surface area (Å²) in [6.07, 6.45) is -4.81. The first kappa shape index (κ1) is 17.4. The number of nitrogens with two attached hydrogens (primary N) is 1. The molecule has 0 aliphatic rings. The standard InChI is InChI=1S/C11H11F3N2O2.ClH/c1-17-10-3-2-7(18-11(12,13)14)6-8(10)9(16)4-5-15;/h2-3,6,9H,4,16H2,1H3;1H/t9-;/m0./s1. The lowest BCUT2D eigenvalue weighted by Crippen LogP contribution is -2.18. The van der Waals surface area contributed by atoms with Crippen molar-refractivity contribution in [2.24, 2.45) is 5.73 Å². The van der Waals surface area contributed by atoms with Crippen LogP contribution in [0.5, 0.6) is 11.5 Å². The van der Waals surface area contributed by atoms with E-state index >= 15 is 0 Å². The van der Waals surface area contributed by atoms with Crippen LogP contribution in [0.2, 0.25) is 0 Å². The van der Waals surface area contributed by atoms with Crippen LogP contribution < -0.4 is 15.2 Å². The Bertz CT molecular complexity index is 460. The summed E-state index contributed by atoms with van der Waals surface area (Å²) >= 11 is 0. The first-order valence-electron chi connectivity index (χ1n) is 4.93. The number of nitriles is 1. The minimum atomic E-state index is -4.77. The highest BCUT2D eigenvalue weighted by atomic mass is 35.5. The van der Waals surface area contributed by atoms with Gasteiger partial charge in [0.15, 0.2) is 0 Å². The molecule has 0 aliphatic heterocycles. The highest BCUT2D eigenvalue weighted by Crippen LogP contribution is 2.32. The maximum Gasteiger partial charge on any atom is 0.573 e. The SMILES string of the molecule is COc1ccc(OC(F)(F)F)cc1[C@@H](N)CC#N.Cl. The molecule has 1 aromatic carbocycles. The van der Waals surface area contributed by atoms with E-state index in [2.05, 4.69) is 4.74 Å². The highest BCUT2D eigenvalue weighted by Gasteiger charge is 2.31. The molecular formula is C11H12ClF3N2O2. The maximum absolute atomic E-state index is 12.1. The summed E-state index contributed by atoms with van der Waals surface area (Å²) in [4.78, 5) is 0. The smallest absolute Gasteiger partial charge is 0.496 e. The van der Waals surface area contributed by atoms with Gasteiger partial charge in [0.1, 0.15) is 11.5 Å². The monoisotopic (exact) mass is 296 g/mol. The zero-order valence-electron chi connectivity index (χ0n) is 9.90. The van der Waals surface area contributed by atoms with Crippen molar-refractivity contribution in [2.75, 3.05) is 7.11 Å². The lowest BCUT2D eigenvalue weighted by molar-refractivity contribution is -0.274. The van der Waals surface area contributed by atoms with E-state index in [0.29, 0.717) is 11.3 Å². The molecule has 0 amide bonds. The number of rotatable bonds is 4. The van der Waals surface area contributed by atoms with Gasteiger partial charge in [-0.25, -0.2) is 0 Å². The lowest BCUT2D eigenvalue weighted by atomic mass is 10.0. The molecule has 19 heavy (non-hydrogen) atoms. The Hall–Kier alpha value is -1.65. The van der Waals surface area contributed by atoms with Crippen molar-refractivity contribution in [1.82, 2.24) is 0 Å². The number of benzene rings is 1. The summed E-state index contributed by atoms with van der Waals surface area (Å²) in [6.45, 7) is 0. The second kappa shape index (κ2) is 7.07. The number of alkyl halides is 3. The predicted molar refractivity (Wildman–Crippen MR) is 64.1 cm³/mol. The van der Waals surface area contributed by atoms with Crippen molar-refractivity contribution in [3.8, 4) is 17.6 Å². The topological polar surface area (TPSA) is 68.3 Å². The van der Waals surface area contributed by atoms with Crippen molar-refractivity contribution in [3.05, 3.63) is 23.8 Å². The van der Waals surface area contributed by atoms with E-state index in [0.717, 1.165) is 12.1 Å². The average Bonchev–Trinajstić information content (AvgIpc) is 2.27. The summed E-state index contributed by atoms with van der Waals surface area (Å²) in [5, 5.41) is 8.54. The maximum atomic E-state index is 12.1. The molecule has 2 N–H and O–H groups in total. The van der Waals surface area contributed by atoms with Gasteiger partial charge in [0.25, 0.3) is 0 Å². The molecule has 1 aromatic rings. The number of hydrogen-bond donors (Lipinski definition) is 1. The fourth-order valence-electron chi connectivity index (χ4n) is 1.41. The molecule has 1 rings (SSSR count). The number of halogens is 4. The summed E-state index contributed by atoms with van der Waals surface area (Å²) in [5.41, 5.74) is 5.97. The van der Waals surface area contributed by atoms with Crippen LogP contribution in [0.3, 0.4) is 0 Å². The third-order valence-electron chi connectivity index (χ3n) is 2.15. The number of hydrogen-bond acceptors (Lipinski definition) is 4. The Morgan fingerprint density at radius 1 is 1.42 bits per heavy atom. The molecule has 4 nitrogen and oxygen atoms in total. The largest absolute Gasteiger partial charge is 0.573 e. The second-order valence-electron chi connectivity index (χ2n) is 3.42. The number of methoxy groups -OCH3 is 1. The van der Waals surface area contributed by atoms with E-state index in [-0.39, 0.29) is 18.8 Å². The predicted octanol–water partition coefficient (Wildman–Crippen LogP) is 2.93. The van der Waals surface area contributed by atoms with Gasteiger partial charge in [-0.3, -0.25) is 0 Å². The molecule has 0 heterocycles. The second-order valence-corrected chi connectivity index (χ2v) is 3.42. The Balaban J connectivity index is 0.00000324. The van der Waals surface area contributed by atoms with Crippen molar-refractivity contribution in [1.29, 1.82) is 5.26 Å². The van der Waals surface area contributed by atoms with Crippen molar-refractivity contribution < 1.29 is 22.6 Å². The fraction of sp³-hybridized carbons (Fsp3) is 0.364. The van der Waals surface area contributed by atoms with Crippen LogP contribution in [-0.2, 0) is 0 Å². The van der Waals surface area contributed by atoms with Crippen LogP contribution in [0.4, 0.5) is 13.2 Å². The Morgan fingerprint density at radius 2 is 2.05 bits per heavy atom. The van der Waals surface area contributed by atoms with Crippen LogP contribution in [0, 0.1) is 11.3 Å². The Labute approximate surface area is 114 Å². The molecule has 0 bridgehead atoms. The zero-order valence-corrected chi connectivity index (χ0v) is 10.7. The molecule has 0 saturated carbocycles. The van der Waals surface area contributed by atoms with Crippen LogP contribution in [0.1, 0.15) is 18.0 Å². The van der Waals surface area contributed by atoms with E-state index < -0.39 is 18.2 Å². The van der Waals surface area contributed by atoms with Crippen LogP contribution in [0.15, 0.2) is 18.2 Å². The summed E-state index contributed by atoms with van der Waals surface area (Å²) in [5.74, 6) is -0.0843. The number of nitrogens with zero attached hydrogens (tertiary/aromatic N) is 1. The van der Waals surface area contributed by atoms with E-state index in [9.17, 15) is 13.2 Å². The molecule has 0 radical (unpaired) electrons. The van der Waals surface area contributed by atoms with Gasteiger partial charge in [0.05, 0.1) is 19.6 Å². The normalized spacial score (nSPS) is 12.0. The Kier molecular flexibility index (Phi) is 6.45. The molecule has 0 fully saturated rings. The van der Waals surface area contributed by atoms with Crippen molar-refractivity contribution in [2.45, 2.75) is 18.8 Å². The van der Waals surface area contributed by atoms with E-state index in [4.69, 9.17) is 15.7 Å². The third kappa shape index (κ3) is 5.24. The van der Waals surface area contributed by atoms with Gasteiger partial charge in [-0.15, -0.1) is 25.6 Å². The fourth-order valence-corrected chi connectivity index (χ4v) is 1.41. The lowest BCUT2D eigenvalue weighted by Gasteiger charge is -2.15. The molecule has 8 heteroatoms.